The number of nitrogens with zero attached hydrogens (tertiary/aromatic N) is 3. The van der Waals surface area contributed by atoms with Gasteiger partial charge in [-0.25, -0.2) is 9.97 Å². The van der Waals surface area contributed by atoms with Gasteiger partial charge in [-0.15, -0.1) is 0 Å². The maximum absolute atomic E-state index is 12.4. The van der Waals surface area contributed by atoms with Crippen molar-refractivity contribution in [2.45, 2.75) is 6.18 Å². The Labute approximate surface area is 121 Å². The topological polar surface area (TPSA) is 98.0 Å². The molecule has 0 aliphatic heterocycles. The van der Waals surface area contributed by atoms with Gasteiger partial charge in [0.2, 0.25) is 5.95 Å². The number of anilines is 1. The van der Waals surface area contributed by atoms with Crippen molar-refractivity contribution in [3.63, 3.8) is 0 Å². The van der Waals surface area contributed by atoms with E-state index in [2.05, 4.69) is 15.3 Å². The summed E-state index contributed by atoms with van der Waals surface area (Å²) in [5, 5.41) is 12.6. The fourth-order valence-electron chi connectivity index (χ4n) is 1.46. The fraction of sp³-hybridized carbons (Fsp3) is 0.0833. The van der Waals surface area contributed by atoms with Crippen LogP contribution in [-0.4, -0.2) is 20.8 Å². The molecule has 0 spiro atoms. The number of nitro groups is 1. The number of hydrogen-bond acceptors (Lipinski definition) is 5. The first kappa shape index (κ1) is 15.4. The highest BCUT2D eigenvalue weighted by Crippen LogP contribution is 2.29. The molecule has 1 aromatic heterocycles. The Morgan fingerprint density at radius 3 is 2.14 bits per heavy atom. The predicted molar refractivity (Wildman–Crippen MR) is 68.1 cm³/mol. The minimum atomic E-state index is -4.49. The highest BCUT2D eigenvalue weighted by molar-refractivity contribution is 6.03. The second-order valence-electron chi connectivity index (χ2n) is 4.05. The Hall–Kier alpha value is -3.04. The van der Waals surface area contributed by atoms with Crippen LogP contribution in [0.5, 0.6) is 0 Å². The molecule has 1 amide bonds. The van der Waals surface area contributed by atoms with E-state index >= 15 is 0 Å². The molecule has 0 saturated carbocycles. The summed E-state index contributed by atoms with van der Waals surface area (Å²) >= 11 is 0. The predicted octanol–water partition coefficient (Wildman–Crippen LogP) is 2.66. The summed E-state index contributed by atoms with van der Waals surface area (Å²) < 4.78 is 37.2. The maximum Gasteiger partial charge on any atom is 0.416 e. The van der Waals surface area contributed by atoms with Crippen LogP contribution in [0.3, 0.4) is 0 Å². The number of aromatic nitrogens is 2. The van der Waals surface area contributed by atoms with Gasteiger partial charge in [-0.05, 0) is 24.3 Å². The summed E-state index contributed by atoms with van der Waals surface area (Å²) in [5.41, 5.74) is -1.27. The van der Waals surface area contributed by atoms with E-state index in [0.717, 1.165) is 36.7 Å². The van der Waals surface area contributed by atoms with E-state index in [-0.39, 0.29) is 17.2 Å². The molecule has 0 bridgehead atoms. The molecule has 0 radical (unpaired) electrons. The molecule has 10 heteroatoms. The van der Waals surface area contributed by atoms with Gasteiger partial charge >= 0.3 is 11.9 Å². The Bertz CT molecular complexity index is 699. The Morgan fingerprint density at radius 1 is 1.14 bits per heavy atom. The largest absolute Gasteiger partial charge is 0.416 e. The molecule has 0 aliphatic carbocycles. The van der Waals surface area contributed by atoms with Gasteiger partial charge in [-0.3, -0.25) is 20.2 Å². The monoisotopic (exact) mass is 312 g/mol. The van der Waals surface area contributed by atoms with Gasteiger partial charge in [0.15, 0.2) is 0 Å². The zero-order valence-corrected chi connectivity index (χ0v) is 10.7. The number of carbonyl (C=O) groups is 1. The quantitative estimate of drug-likeness (QED) is 0.694. The van der Waals surface area contributed by atoms with Gasteiger partial charge < -0.3 is 0 Å². The van der Waals surface area contributed by atoms with Crippen molar-refractivity contribution in [1.82, 2.24) is 9.97 Å². The van der Waals surface area contributed by atoms with Crippen molar-refractivity contribution in [2.24, 2.45) is 0 Å². The van der Waals surface area contributed by atoms with Crippen LogP contribution in [0.1, 0.15) is 15.9 Å². The number of carbonyl (C=O) groups excluding carboxylic acids is 1. The number of nitrogens with one attached hydrogen (secondary N) is 1. The van der Waals surface area contributed by atoms with Crippen molar-refractivity contribution in [3.05, 3.63) is 57.9 Å². The molecular formula is C12H7F3N4O3. The zero-order chi connectivity index (χ0) is 16.3. The molecule has 0 unspecified atom stereocenters. The lowest BCUT2D eigenvalue weighted by Crippen LogP contribution is -2.14. The van der Waals surface area contributed by atoms with E-state index < -0.39 is 22.6 Å². The minimum Gasteiger partial charge on any atom is -0.290 e. The van der Waals surface area contributed by atoms with Crippen molar-refractivity contribution in [2.75, 3.05) is 5.32 Å². The zero-order valence-electron chi connectivity index (χ0n) is 10.7. The van der Waals surface area contributed by atoms with Crippen LogP contribution in [-0.2, 0) is 6.18 Å². The van der Waals surface area contributed by atoms with Crippen LogP contribution in [0.4, 0.5) is 24.8 Å². The molecule has 1 N–H and O–H groups in total. The minimum absolute atomic E-state index is 0.0325. The van der Waals surface area contributed by atoms with Gasteiger partial charge in [-0.2, -0.15) is 13.2 Å². The fourth-order valence-corrected chi connectivity index (χ4v) is 1.46. The summed E-state index contributed by atoms with van der Waals surface area (Å²) in [6, 6.07) is 3.55. The van der Waals surface area contributed by atoms with Crippen molar-refractivity contribution in [1.29, 1.82) is 0 Å². The number of amides is 1. The van der Waals surface area contributed by atoms with Gasteiger partial charge in [0.05, 0.1) is 10.5 Å². The highest BCUT2D eigenvalue weighted by atomic mass is 19.4. The number of halogens is 3. The van der Waals surface area contributed by atoms with Crippen molar-refractivity contribution >= 4 is 17.5 Å². The van der Waals surface area contributed by atoms with E-state index in [1.807, 2.05) is 0 Å². The first-order valence-electron chi connectivity index (χ1n) is 5.72. The average Bonchev–Trinajstić information content (AvgIpc) is 2.47. The molecular weight excluding hydrogens is 305 g/mol. The standard InChI is InChI=1S/C12H7F3N4O3/c13-12(14,15)8-3-1-7(2-4-8)10(20)18-11-16-5-9(6-17-11)19(21)22/h1-6H,(H,16,17,18,20). The maximum atomic E-state index is 12.4. The van der Waals surface area contributed by atoms with Gasteiger partial charge in [0.25, 0.3) is 5.91 Å². The molecule has 22 heavy (non-hydrogen) atoms. The smallest absolute Gasteiger partial charge is 0.290 e. The van der Waals surface area contributed by atoms with E-state index in [9.17, 15) is 28.1 Å². The summed E-state index contributed by atoms with van der Waals surface area (Å²) in [5.74, 6) is -0.932. The second kappa shape index (κ2) is 5.76. The molecule has 1 aromatic carbocycles. The molecule has 0 saturated heterocycles. The van der Waals surface area contributed by atoms with E-state index in [0.29, 0.717) is 0 Å². The lowest BCUT2D eigenvalue weighted by atomic mass is 10.1. The molecule has 7 nitrogen and oxygen atoms in total. The molecule has 0 fully saturated rings. The molecule has 114 valence electrons. The summed E-state index contributed by atoms with van der Waals surface area (Å²) in [6.07, 6.45) is -2.69. The average molecular weight is 312 g/mol. The van der Waals surface area contributed by atoms with Gasteiger partial charge in [-0.1, -0.05) is 0 Å². The first-order valence-corrected chi connectivity index (χ1v) is 5.72. The third-order valence-corrected chi connectivity index (χ3v) is 2.55. The van der Waals surface area contributed by atoms with Crippen molar-refractivity contribution < 1.29 is 22.9 Å². The number of hydrogen-bond donors (Lipinski definition) is 1. The van der Waals surface area contributed by atoms with E-state index in [1.54, 1.807) is 0 Å². The van der Waals surface area contributed by atoms with E-state index in [1.165, 1.54) is 0 Å². The van der Waals surface area contributed by atoms with Crippen LogP contribution in [0, 0.1) is 10.1 Å². The lowest BCUT2D eigenvalue weighted by molar-refractivity contribution is -0.385. The van der Waals surface area contributed by atoms with Crippen LogP contribution in [0.25, 0.3) is 0 Å². The molecule has 2 aromatic rings. The molecule has 0 atom stereocenters. The van der Waals surface area contributed by atoms with Crippen molar-refractivity contribution in [3.8, 4) is 0 Å². The normalized spacial score (nSPS) is 11.0. The summed E-state index contributed by atoms with van der Waals surface area (Å²) in [6.45, 7) is 0. The SMILES string of the molecule is O=C(Nc1ncc([N+](=O)[O-])cn1)c1ccc(C(F)(F)F)cc1. The first-order chi connectivity index (χ1) is 10.3. The molecule has 0 aliphatic rings. The van der Waals surface area contributed by atoms with Gasteiger partial charge in [0.1, 0.15) is 12.4 Å². The van der Waals surface area contributed by atoms with Crippen LogP contribution in [0.2, 0.25) is 0 Å². The molecule has 1 heterocycles. The Balaban J connectivity index is 2.10. The van der Waals surface area contributed by atoms with Gasteiger partial charge in [0, 0.05) is 5.56 Å². The van der Waals surface area contributed by atoms with Crippen LogP contribution >= 0.6 is 0 Å². The number of rotatable bonds is 3. The van der Waals surface area contributed by atoms with Crippen LogP contribution in [0.15, 0.2) is 36.7 Å². The van der Waals surface area contributed by atoms with Crippen LogP contribution < -0.4 is 5.32 Å². The number of alkyl halides is 3. The summed E-state index contributed by atoms with van der Waals surface area (Å²) in [4.78, 5) is 28.6. The second-order valence-corrected chi connectivity index (χ2v) is 4.05. The molecule has 2 rings (SSSR count). The Morgan fingerprint density at radius 2 is 1.68 bits per heavy atom. The number of benzene rings is 1. The summed E-state index contributed by atoms with van der Waals surface area (Å²) in [7, 11) is 0. The third kappa shape index (κ3) is 3.53. The lowest BCUT2D eigenvalue weighted by Gasteiger charge is -2.07. The third-order valence-electron chi connectivity index (χ3n) is 2.55. The highest BCUT2D eigenvalue weighted by Gasteiger charge is 2.30. The van der Waals surface area contributed by atoms with E-state index in [4.69, 9.17) is 0 Å². The Kier molecular flexibility index (Phi) is 4.02.